The van der Waals surface area contributed by atoms with Gasteiger partial charge in [0.15, 0.2) is 0 Å². The normalized spacial score (nSPS) is 11.5. The molecule has 0 aliphatic rings. The average Bonchev–Trinajstić information content (AvgIpc) is 2.73. The zero-order valence-electron chi connectivity index (χ0n) is 15.5. The second-order valence-corrected chi connectivity index (χ2v) is 6.02. The minimum absolute atomic E-state index is 0.185. The maximum absolute atomic E-state index is 12.9. The third-order valence-corrected chi connectivity index (χ3v) is 4.28. The van der Waals surface area contributed by atoms with E-state index in [1.807, 2.05) is 73.7 Å². The van der Waals surface area contributed by atoms with Crippen LogP contribution in [0.1, 0.15) is 34.5 Å². The highest BCUT2D eigenvalue weighted by molar-refractivity contribution is 5.97. The van der Waals surface area contributed by atoms with Crippen LogP contribution in [0.3, 0.4) is 0 Å². The second kappa shape index (κ2) is 8.90. The van der Waals surface area contributed by atoms with E-state index in [0.29, 0.717) is 17.9 Å². The van der Waals surface area contributed by atoms with Gasteiger partial charge in [-0.1, -0.05) is 54.6 Å². The maximum atomic E-state index is 12.9. The Morgan fingerprint density at radius 2 is 1.52 bits per heavy atom. The molecular formula is C23H23NO3. The predicted octanol–water partition coefficient (Wildman–Crippen LogP) is 4.61. The number of hydrogen-bond donors (Lipinski definition) is 1. The third kappa shape index (κ3) is 4.47. The van der Waals surface area contributed by atoms with Gasteiger partial charge in [-0.05, 0) is 42.3 Å². The minimum Gasteiger partial charge on any atom is -0.496 e. The number of carbonyl (C=O) groups is 1. The Morgan fingerprint density at radius 3 is 2.19 bits per heavy atom. The minimum atomic E-state index is -0.278. The van der Waals surface area contributed by atoms with Crippen molar-refractivity contribution in [3.8, 4) is 11.5 Å². The van der Waals surface area contributed by atoms with Gasteiger partial charge in [-0.3, -0.25) is 4.79 Å². The smallest absolute Gasteiger partial charge is 0.255 e. The highest BCUT2D eigenvalue weighted by Crippen LogP contribution is 2.26. The molecule has 0 spiro atoms. The zero-order valence-corrected chi connectivity index (χ0v) is 15.5. The lowest BCUT2D eigenvalue weighted by Gasteiger charge is -2.21. The molecular weight excluding hydrogens is 338 g/mol. The van der Waals surface area contributed by atoms with Crippen LogP contribution in [0.25, 0.3) is 0 Å². The molecule has 0 fully saturated rings. The van der Waals surface area contributed by atoms with Crippen LogP contribution in [0, 0.1) is 0 Å². The molecule has 27 heavy (non-hydrogen) atoms. The number of para-hydroxylation sites is 1. The lowest BCUT2D eigenvalue weighted by atomic mass is 9.98. The predicted molar refractivity (Wildman–Crippen MR) is 106 cm³/mol. The number of carbonyl (C=O) groups excluding carboxylic acids is 1. The molecule has 1 atom stereocenters. The van der Waals surface area contributed by atoms with Crippen LogP contribution >= 0.6 is 0 Å². The van der Waals surface area contributed by atoms with Gasteiger partial charge in [0.2, 0.25) is 0 Å². The monoisotopic (exact) mass is 361 g/mol. The lowest BCUT2D eigenvalue weighted by molar-refractivity contribution is 0.0940. The first-order chi connectivity index (χ1) is 13.2. The first kappa shape index (κ1) is 18.5. The molecule has 0 saturated carbocycles. The van der Waals surface area contributed by atoms with Gasteiger partial charge < -0.3 is 14.8 Å². The highest BCUT2D eigenvalue weighted by Gasteiger charge is 2.20. The van der Waals surface area contributed by atoms with E-state index < -0.39 is 0 Å². The Balaban J connectivity index is 1.92. The van der Waals surface area contributed by atoms with Gasteiger partial charge >= 0.3 is 0 Å². The summed E-state index contributed by atoms with van der Waals surface area (Å²) < 4.78 is 10.8. The van der Waals surface area contributed by atoms with Crippen LogP contribution in [0.5, 0.6) is 11.5 Å². The van der Waals surface area contributed by atoms with Crippen LogP contribution in [-0.4, -0.2) is 19.6 Å². The molecule has 3 aromatic rings. The number of hydrogen-bond acceptors (Lipinski definition) is 3. The Bertz CT molecular complexity index is 876. The molecule has 1 unspecified atom stereocenters. The summed E-state index contributed by atoms with van der Waals surface area (Å²) in [6.45, 7) is 2.57. The number of benzene rings is 3. The highest BCUT2D eigenvalue weighted by atomic mass is 16.5. The zero-order chi connectivity index (χ0) is 19.1. The molecule has 138 valence electrons. The van der Waals surface area contributed by atoms with Crippen molar-refractivity contribution >= 4 is 5.91 Å². The van der Waals surface area contributed by atoms with Crippen molar-refractivity contribution in [2.24, 2.45) is 0 Å². The molecule has 0 radical (unpaired) electrons. The van der Waals surface area contributed by atoms with E-state index in [9.17, 15) is 4.79 Å². The van der Waals surface area contributed by atoms with Gasteiger partial charge in [0.1, 0.15) is 11.5 Å². The van der Waals surface area contributed by atoms with Crippen molar-refractivity contribution in [1.29, 1.82) is 0 Å². The molecule has 3 rings (SSSR count). The van der Waals surface area contributed by atoms with E-state index in [2.05, 4.69) is 5.32 Å². The number of nitrogens with one attached hydrogen (secondary N) is 1. The number of amides is 1. The Kier molecular flexibility index (Phi) is 6.10. The number of rotatable bonds is 7. The van der Waals surface area contributed by atoms with Crippen molar-refractivity contribution in [2.75, 3.05) is 13.7 Å². The summed E-state index contributed by atoms with van der Waals surface area (Å²) in [5.74, 6) is 1.17. The molecule has 0 aromatic heterocycles. The SMILES string of the molecule is CCOc1ccc(C(NC(=O)c2ccccc2OC)c2ccccc2)cc1. The van der Waals surface area contributed by atoms with Crippen LogP contribution < -0.4 is 14.8 Å². The first-order valence-corrected chi connectivity index (χ1v) is 8.94. The van der Waals surface area contributed by atoms with Crippen molar-refractivity contribution in [3.05, 3.63) is 95.6 Å². The summed E-state index contributed by atoms with van der Waals surface area (Å²) in [5.41, 5.74) is 2.49. The fraction of sp³-hybridized carbons (Fsp3) is 0.174. The van der Waals surface area contributed by atoms with E-state index in [1.54, 1.807) is 19.2 Å². The van der Waals surface area contributed by atoms with Crippen LogP contribution in [0.4, 0.5) is 0 Å². The molecule has 1 N–H and O–H groups in total. The van der Waals surface area contributed by atoms with Crippen LogP contribution in [0.15, 0.2) is 78.9 Å². The quantitative estimate of drug-likeness (QED) is 0.668. The summed E-state index contributed by atoms with van der Waals surface area (Å²) in [4.78, 5) is 12.9. The fourth-order valence-electron chi connectivity index (χ4n) is 2.97. The van der Waals surface area contributed by atoms with Crippen LogP contribution in [-0.2, 0) is 0 Å². The molecule has 3 aromatic carbocycles. The van der Waals surface area contributed by atoms with Gasteiger partial charge in [0.05, 0.1) is 25.3 Å². The van der Waals surface area contributed by atoms with Crippen LogP contribution in [0.2, 0.25) is 0 Å². The van der Waals surface area contributed by atoms with Crippen molar-refractivity contribution in [1.82, 2.24) is 5.32 Å². The summed E-state index contributed by atoms with van der Waals surface area (Å²) in [5, 5.41) is 3.13. The topological polar surface area (TPSA) is 47.6 Å². The Morgan fingerprint density at radius 1 is 0.889 bits per heavy atom. The van der Waals surface area contributed by atoms with E-state index >= 15 is 0 Å². The Hall–Kier alpha value is -3.27. The van der Waals surface area contributed by atoms with E-state index in [1.165, 1.54) is 0 Å². The maximum Gasteiger partial charge on any atom is 0.255 e. The summed E-state index contributed by atoms with van der Waals surface area (Å²) in [7, 11) is 1.56. The number of ether oxygens (including phenoxy) is 2. The summed E-state index contributed by atoms with van der Waals surface area (Å²) >= 11 is 0. The van der Waals surface area contributed by atoms with Gasteiger partial charge in [0.25, 0.3) is 5.91 Å². The fourth-order valence-corrected chi connectivity index (χ4v) is 2.97. The van der Waals surface area contributed by atoms with Crippen molar-refractivity contribution < 1.29 is 14.3 Å². The second-order valence-electron chi connectivity index (χ2n) is 6.02. The summed E-state index contributed by atoms with van der Waals surface area (Å²) in [6.07, 6.45) is 0. The molecule has 0 bridgehead atoms. The Labute approximate surface area is 159 Å². The molecule has 0 saturated heterocycles. The first-order valence-electron chi connectivity index (χ1n) is 8.94. The molecule has 0 aliphatic carbocycles. The largest absolute Gasteiger partial charge is 0.496 e. The molecule has 0 heterocycles. The summed E-state index contributed by atoms with van der Waals surface area (Å²) in [6, 6.07) is 24.6. The molecule has 0 aliphatic heterocycles. The van der Waals surface area contributed by atoms with Crippen molar-refractivity contribution in [3.63, 3.8) is 0 Å². The van der Waals surface area contributed by atoms with Gasteiger partial charge in [0, 0.05) is 0 Å². The molecule has 4 nitrogen and oxygen atoms in total. The van der Waals surface area contributed by atoms with E-state index in [0.717, 1.165) is 16.9 Å². The number of methoxy groups -OCH3 is 1. The average molecular weight is 361 g/mol. The third-order valence-electron chi connectivity index (χ3n) is 4.28. The van der Waals surface area contributed by atoms with E-state index in [4.69, 9.17) is 9.47 Å². The van der Waals surface area contributed by atoms with Gasteiger partial charge in [-0.15, -0.1) is 0 Å². The van der Waals surface area contributed by atoms with Gasteiger partial charge in [-0.2, -0.15) is 0 Å². The van der Waals surface area contributed by atoms with Crippen molar-refractivity contribution in [2.45, 2.75) is 13.0 Å². The molecule has 1 amide bonds. The van der Waals surface area contributed by atoms with E-state index in [-0.39, 0.29) is 11.9 Å². The lowest BCUT2D eigenvalue weighted by Crippen LogP contribution is -2.29. The molecule has 4 heteroatoms. The van der Waals surface area contributed by atoms with Gasteiger partial charge in [-0.25, -0.2) is 0 Å². The standard InChI is InChI=1S/C23H23NO3/c1-3-27-19-15-13-18(14-16-19)22(17-9-5-4-6-10-17)24-23(25)20-11-7-8-12-21(20)26-2/h4-16,22H,3H2,1-2H3,(H,24,25).